The minimum Gasteiger partial charge on any atom is -0.481 e. The largest absolute Gasteiger partial charge is 0.481 e. The molecule has 202 valence electrons. The van der Waals surface area contributed by atoms with Crippen molar-refractivity contribution in [3.8, 4) is 0 Å². The molecule has 1 aromatic rings. The van der Waals surface area contributed by atoms with Gasteiger partial charge in [-0.15, -0.1) is 0 Å². The number of benzene rings is 1. The monoisotopic (exact) mass is 619 g/mol. The molecule has 1 unspecified atom stereocenters. The molecule has 36 heavy (non-hydrogen) atoms. The summed E-state index contributed by atoms with van der Waals surface area (Å²) in [6.07, 6.45) is 9.90. The molecule has 1 aliphatic rings. The van der Waals surface area contributed by atoms with Crippen molar-refractivity contribution >= 4 is 28.6 Å². The van der Waals surface area contributed by atoms with Crippen molar-refractivity contribution in [2.75, 3.05) is 19.7 Å². The SMILES string of the molecule is CC/C=C\C(=C/C(F)I)C[C@@H]1CCCN1C[C@@H](O)CO[C@H](CCC)c1cc(F)ccc1CCC(=O)O. The summed E-state index contributed by atoms with van der Waals surface area (Å²) in [5.74, 6) is -1.30. The van der Waals surface area contributed by atoms with E-state index in [1.54, 1.807) is 34.7 Å². The highest BCUT2D eigenvalue weighted by atomic mass is 127. The zero-order chi connectivity index (χ0) is 26.5. The van der Waals surface area contributed by atoms with Gasteiger partial charge in [-0.1, -0.05) is 38.5 Å². The van der Waals surface area contributed by atoms with Crippen LogP contribution in [0.3, 0.4) is 0 Å². The number of hydrogen-bond donors (Lipinski definition) is 2. The Labute approximate surface area is 227 Å². The first-order chi connectivity index (χ1) is 17.2. The lowest BCUT2D eigenvalue weighted by Crippen LogP contribution is -2.38. The molecule has 0 aromatic heterocycles. The molecule has 1 heterocycles. The van der Waals surface area contributed by atoms with E-state index in [1.165, 1.54) is 12.1 Å². The zero-order valence-electron chi connectivity index (χ0n) is 21.3. The summed E-state index contributed by atoms with van der Waals surface area (Å²) in [5, 5.41) is 19.9. The van der Waals surface area contributed by atoms with Crippen molar-refractivity contribution in [3.05, 3.63) is 58.9 Å². The third-order valence-electron chi connectivity index (χ3n) is 6.43. The first kappa shape index (κ1) is 30.9. The fourth-order valence-electron chi connectivity index (χ4n) is 4.74. The highest BCUT2D eigenvalue weighted by Gasteiger charge is 2.27. The Bertz CT molecular complexity index is 877. The van der Waals surface area contributed by atoms with Crippen LogP contribution in [-0.4, -0.2) is 57.1 Å². The molecule has 1 aliphatic heterocycles. The summed E-state index contributed by atoms with van der Waals surface area (Å²) in [6, 6.07) is 4.62. The van der Waals surface area contributed by atoms with E-state index in [-0.39, 0.29) is 19.1 Å². The average molecular weight is 620 g/mol. The summed E-state index contributed by atoms with van der Waals surface area (Å²) in [6.45, 7) is 5.48. The second-order valence-electron chi connectivity index (χ2n) is 9.38. The zero-order valence-corrected chi connectivity index (χ0v) is 23.5. The van der Waals surface area contributed by atoms with E-state index in [9.17, 15) is 18.7 Å². The van der Waals surface area contributed by atoms with E-state index in [4.69, 9.17) is 9.84 Å². The van der Waals surface area contributed by atoms with Crippen LogP contribution < -0.4 is 0 Å². The van der Waals surface area contributed by atoms with Crippen molar-refractivity contribution in [2.45, 2.75) is 87.6 Å². The van der Waals surface area contributed by atoms with Gasteiger partial charge in [0.05, 0.1) is 18.8 Å². The summed E-state index contributed by atoms with van der Waals surface area (Å²) < 4.78 is 32.8. The maximum Gasteiger partial charge on any atom is 0.303 e. The number of nitrogens with zero attached hydrogens (tertiary/aromatic N) is 1. The van der Waals surface area contributed by atoms with Crippen LogP contribution in [0.25, 0.3) is 0 Å². The van der Waals surface area contributed by atoms with Crippen LogP contribution in [-0.2, 0) is 16.0 Å². The van der Waals surface area contributed by atoms with E-state index in [0.29, 0.717) is 24.9 Å². The number of alkyl halides is 2. The number of carboxylic acid groups (broad SMARTS) is 1. The quantitative estimate of drug-likeness (QED) is 0.125. The van der Waals surface area contributed by atoms with Gasteiger partial charge in [-0.05, 0) is 103 Å². The first-order valence-corrected chi connectivity index (χ1v) is 14.2. The highest BCUT2D eigenvalue weighted by molar-refractivity contribution is 14.1. The van der Waals surface area contributed by atoms with E-state index >= 15 is 0 Å². The summed E-state index contributed by atoms with van der Waals surface area (Å²) in [4.78, 5) is 13.3. The molecule has 0 radical (unpaired) electrons. The smallest absolute Gasteiger partial charge is 0.303 e. The standard InChI is InChI=1S/C28H40F2INO4/c1-3-5-8-20(16-27(30)31)15-23-9-6-14-32(23)18-24(33)19-36-26(7-4-2)25-17-22(29)12-10-21(25)11-13-28(34)35/h5,8,10,12,16-17,23-24,26-27,33H,3-4,6-7,9,11,13-15,18-19H2,1-2H3,(H,34,35)/b8-5-,20-16+/t23-,24+,26+,27?/m0/s1. The molecule has 4 atom stereocenters. The highest BCUT2D eigenvalue weighted by Crippen LogP contribution is 2.29. The Morgan fingerprint density at radius 2 is 2.14 bits per heavy atom. The number of rotatable bonds is 16. The Balaban J connectivity index is 2.02. The fourth-order valence-corrected chi connectivity index (χ4v) is 5.20. The number of carbonyl (C=O) groups is 1. The molecule has 1 aromatic carbocycles. The van der Waals surface area contributed by atoms with Gasteiger partial charge in [0.2, 0.25) is 0 Å². The number of halogens is 3. The predicted octanol–water partition coefficient (Wildman–Crippen LogP) is 6.54. The van der Waals surface area contributed by atoms with Crippen LogP contribution >= 0.6 is 22.6 Å². The lowest BCUT2D eigenvalue weighted by molar-refractivity contribution is -0.136. The number of likely N-dealkylation sites (tertiary alicyclic amines) is 1. The lowest BCUT2D eigenvalue weighted by Gasteiger charge is -2.28. The average Bonchev–Trinajstić information content (AvgIpc) is 3.25. The van der Waals surface area contributed by atoms with Crippen molar-refractivity contribution in [1.29, 1.82) is 0 Å². The minimum absolute atomic E-state index is 0.0406. The summed E-state index contributed by atoms with van der Waals surface area (Å²) in [7, 11) is 0. The topological polar surface area (TPSA) is 70.0 Å². The third-order valence-corrected chi connectivity index (χ3v) is 6.79. The van der Waals surface area contributed by atoms with Gasteiger partial charge in [0.1, 0.15) is 5.82 Å². The van der Waals surface area contributed by atoms with Gasteiger partial charge in [0.25, 0.3) is 0 Å². The Morgan fingerprint density at radius 3 is 2.81 bits per heavy atom. The second-order valence-corrected chi connectivity index (χ2v) is 10.6. The molecule has 1 saturated heterocycles. The van der Waals surface area contributed by atoms with Crippen LogP contribution in [0, 0.1) is 5.82 Å². The molecular weight excluding hydrogens is 579 g/mol. The number of aliphatic hydroxyl groups excluding tert-OH is 1. The Morgan fingerprint density at radius 1 is 1.36 bits per heavy atom. The summed E-state index contributed by atoms with van der Waals surface area (Å²) in [5.41, 5.74) is 2.39. The lowest BCUT2D eigenvalue weighted by atomic mass is 9.96. The number of allylic oxidation sites excluding steroid dienone is 3. The second kappa shape index (κ2) is 16.5. The number of aliphatic carboxylic acids is 1. The first-order valence-electron chi connectivity index (χ1n) is 12.9. The molecule has 5 nitrogen and oxygen atoms in total. The van der Waals surface area contributed by atoms with Crippen LogP contribution in [0.15, 0.2) is 42.0 Å². The van der Waals surface area contributed by atoms with Crippen molar-refractivity contribution in [1.82, 2.24) is 4.90 Å². The summed E-state index contributed by atoms with van der Waals surface area (Å²) >= 11 is 1.76. The van der Waals surface area contributed by atoms with Gasteiger partial charge >= 0.3 is 5.97 Å². The molecule has 0 bridgehead atoms. The molecule has 0 aliphatic carbocycles. The van der Waals surface area contributed by atoms with E-state index in [2.05, 4.69) is 4.90 Å². The van der Waals surface area contributed by atoms with Crippen molar-refractivity contribution < 1.29 is 28.5 Å². The number of β-amino-alcohol motifs (C(OH)–C–C–N with tert-alkyl or cyclic N) is 1. The fraction of sp³-hybridized carbons (Fsp3) is 0.607. The third kappa shape index (κ3) is 10.9. The molecule has 8 heteroatoms. The molecule has 1 fully saturated rings. The number of aryl methyl sites for hydroxylation is 1. The van der Waals surface area contributed by atoms with E-state index in [1.807, 2.05) is 26.0 Å². The van der Waals surface area contributed by atoms with Gasteiger partial charge in [-0.25, -0.2) is 8.78 Å². The van der Waals surface area contributed by atoms with E-state index < -0.39 is 28.2 Å². The van der Waals surface area contributed by atoms with Crippen molar-refractivity contribution in [2.24, 2.45) is 0 Å². The molecule has 0 amide bonds. The molecule has 0 spiro atoms. The number of aliphatic hydroxyl groups is 1. The molecule has 0 saturated carbocycles. The number of carboxylic acids is 1. The van der Waals surface area contributed by atoms with Crippen LogP contribution in [0.2, 0.25) is 0 Å². The normalized spacial score (nSPS) is 19.6. The van der Waals surface area contributed by atoms with Gasteiger partial charge in [0, 0.05) is 19.0 Å². The van der Waals surface area contributed by atoms with Gasteiger partial charge in [-0.2, -0.15) is 0 Å². The molecule has 2 rings (SSSR count). The van der Waals surface area contributed by atoms with E-state index in [0.717, 1.165) is 49.8 Å². The predicted molar refractivity (Wildman–Crippen MR) is 148 cm³/mol. The maximum absolute atomic E-state index is 14.1. The maximum atomic E-state index is 14.1. The van der Waals surface area contributed by atoms with Crippen LogP contribution in [0.5, 0.6) is 0 Å². The Kier molecular flexibility index (Phi) is 14.1. The van der Waals surface area contributed by atoms with Gasteiger partial charge in [-0.3, -0.25) is 9.69 Å². The number of hydrogen-bond acceptors (Lipinski definition) is 4. The Hall–Kier alpha value is -1.36. The molecular formula is C28H40F2INO4. The van der Waals surface area contributed by atoms with Gasteiger partial charge in [0.15, 0.2) is 4.18 Å². The van der Waals surface area contributed by atoms with Crippen molar-refractivity contribution in [3.63, 3.8) is 0 Å². The van der Waals surface area contributed by atoms with Crippen LogP contribution in [0.1, 0.15) is 76.0 Å². The molecule has 2 N–H and O–H groups in total. The van der Waals surface area contributed by atoms with Crippen LogP contribution in [0.4, 0.5) is 8.78 Å². The number of ether oxygens (including phenoxy) is 1. The van der Waals surface area contributed by atoms with Gasteiger partial charge < -0.3 is 14.9 Å². The minimum atomic E-state index is -1.04.